The molecule has 0 radical (unpaired) electrons. The van der Waals surface area contributed by atoms with E-state index in [1.54, 1.807) is 48.5 Å². The molecule has 5 N–H and O–H groups in total. The topological polar surface area (TPSA) is 90.4 Å². The van der Waals surface area contributed by atoms with E-state index in [0.29, 0.717) is 22.7 Å². The van der Waals surface area contributed by atoms with Gasteiger partial charge in [0.25, 0.3) is 0 Å². The number of carbonyl (C=O) groups is 1. The summed E-state index contributed by atoms with van der Waals surface area (Å²) in [6.07, 6.45) is 0. The second-order valence-corrected chi connectivity index (χ2v) is 3.69. The van der Waals surface area contributed by atoms with Gasteiger partial charge in [-0.1, -0.05) is 12.1 Å². The van der Waals surface area contributed by atoms with Crippen molar-refractivity contribution in [2.45, 2.75) is 0 Å². The van der Waals surface area contributed by atoms with Crippen molar-refractivity contribution in [1.82, 2.24) is 0 Å². The molecular weight excluding hydrogens is 230 g/mol. The summed E-state index contributed by atoms with van der Waals surface area (Å²) in [6.45, 7) is 0. The zero-order valence-corrected chi connectivity index (χ0v) is 9.59. The Labute approximate surface area is 104 Å². The maximum Gasteiger partial charge on any atom is 0.343 e. The number of nitrogens with one attached hydrogen (secondary N) is 1. The molecule has 0 saturated heterocycles. The first-order valence-electron chi connectivity index (χ1n) is 5.33. The van der Waals surface area contributed by atoms with Crippen LogP contribution in [0.1, 0.15) is 10.4 Å². The number of hydrazine groups is 1. The van der Waals surface area contributed by atoms with Gasteiger partial charge in [0.05, 0.1) is 5.56 Å². The average Bonchev–Trinajstić information content (AvgIpc) is 2.39. The van der Waals surface area contributed by atoms with Crippen molar-refractivity contribution in [3.8, 4) is 5.75 Å². The van der Waals surface area contributed by atoms with Crippen LogP contribution in [0.15, 0.2) is 48.5 Å². The molecule has 0 atom stereocenters. The van der Waals surface area contributed by atoms with Crippen molar-refractivity contribution in [2.75, 3.05) is 11.2 Å². The fourth-order valence-electron chi connectivity index (χ4n) is 1.48. The van der Waals surface area contributed by atoms with Crippen molar-refractivity contribution in [3.63, 3.8) is 0 Å². The number of hydrogen-bond donors (Lipinski definition) is 3. The minimum absolute atomic E-state index is 0.408. The molecule has 0 spiro atoms. The van der Waals surface area contributed by atoms with E-state index in [2.05, 4.69) is 5.43 Å². The van der Waals surface area contributed by atoms with Crippen LogP contribution >= 0.6 is 0 Å². The van der Waals surface area contributed by atoms with Crippen LogP contribution < -0.4 is 21.7 Å². The molecule has 2 aromatic carbocycles. The number of benzene rings is 2. The first-order valence-corrected chi connectivity index (χ1v) is 5.33. The van der Waals surface area contributed by atoms with E-state index in [0.717, 1.165) is 0 Å². The Morgan fingerprint density at radius 3 is 2.61 bits per heavy atom. The molecule has 92 valence electrons. The fraction of sp³-hybridized carbons (Fsp3) is 0. The molecule has 0 fully saturated rings. The Hall–Kier alpha value is -2.53. The zero-order chi connectivity index (χ0) is 13.0. The van der Waals surface area contributed by atoms with E-state index in [9.17, 15) is 4.79 Å². The largest absolute Gasteiger partial charge is 0.423 e. The van der Waals surface area contributed by atoms with Gasteiger partial charge < -0.3 is 15.9 Å². The van der Waals surface area contributed by atoms with Crippen molar-refractivity contribution >= 4 is 17.3 Å². The molecule has 0 saturated carbocycles. The first kappa shape index (κ1) is 11.9. The molecule has 0 aliphatic heterocycles. The van der Waals surface area contributed by atoms with Gasteiger partial charge in [0.2, 0.25) is 0 Å². The van der Waals surface area contributed by atoms with E-state index < -0.39 is 5.97 Å². The van der Waals surface area contributed by atoms with Crippen LogP contribution in [-0.4, -0.2) is 5.97 Å². The maximum atomic E-state index is 11.9. The number of nitrogen functional groups attached to an aromatic ring is 2. The number of hydrogen-bond acceptors (Lipinski definition) is 5. The summed E-state index contributed by atoms with van der Waals surface area (Å²) in [5.74, 6) is 5.22. The maximum absolute atomic E-state index is 11.9. The number of anilines is 2. The summed E-state index contributed by atoms with van der Waals surface area (Å²) in [5, 5.41) is 0. The van der Waals surface area contributed by atoms with Crippen molar-refractivity contribution in [3.05, 3.63) is 54.1 Å². The molecular formula is C13H13N3O2. The Morgan fingerprint density at radius 2 is 1.89 bits per heavy atom. The quantitative estimate of drug-likeness (QED) is 0.251. The van der Waals surface area contributed by atoms with Gasteiger partial charge in [0.1, 0.15) is 5.75 Å². The monoisotopic (exact) mass is 243 g/mol. The summed E-state index contributed by atoms with van der Waals surface area (Å²) in [4.78, 5) is 11.9. The summed E-state index contributed by atoms with van der Waals surface area (Å²) in [5.41, 5.74) is 9.65. The van der Waals surface area contributed by atoms with Gasteiger partial charge in [-0.15, -0.1) is 0 Å². The van der Waals surface area contributed by atoms with Gasteiger partial charge >= 0.3 is 5.97 Å². The molecule has 0 heterocycles. The lowest BCUT2D eigenvalue weighted by Gasteiger charge is -2.06. The molecule has 0 amide bonds. The minimum Gasteiger partial charge on any atom is -0.423 e. The number of rotatable bonds is 3. The van der Waals surface area contributed by atoms with Gasteiger partial charge in [-0.2, -0.15) is 0 Å². The highest BCUT2D eigenvalue weighted by Gasteiger charge is 2.09. The van der Waals surface area contributed by atoms with Crippen LogP contribution in [0.4, 0.5) is 11.4 Å². The second kappa shape index (κ2) is 5.20. The lowest BCUT2D eigenvalue weighted by atomic mass is 10.2. The first-order chi connectivity index (χ1) is 8.69. The van der Waals surface area contributed by atoms with Gasteiger partial charge in [-0.05, 0) is 30.3 Å². The van der Waals surface area contributed by atoms with Gasteiger partial charge in [0, 0.05) is 17.4 Å². The van der Waals surface area contributed by atoms with E-state index in [-0.39, 0.29) is 0 Å². The van der Waals surface area contributed by atoms with Gasteiger partial charge in [0.15, 0.2) is 0 Å². The predicted molar refractivity (Wildman–Crippen MR) is 70.1 cm³/mol. The molecule has 0 aromatic heterocycles. The summed E-state index contributed by atoms with van der Waals surface area (Å²) < 4.78 is 5.19. The predicted octanol–water partition coefficient (Wildman–Crippen LogP) is 1.77. The normalized spacial score (nSPS) is 9.83. The summed E-state index contributed by atoms with van der Waals surface area (Å²) in [7, 11) is 0. The van der Waals surface area contributed by atoms with Crippen LogP contribution in [0, 0.1) is 0 Å². The van der Waals surface area contributed by atoms with E-state index in [1.165, 1.54) is 0 Å². The SMILES string of the molecule is NNc1cccc(C(=O)Oc2cccc(N)c2)c1. The Bertz CT molecular complexity index is 570. The van der Waals surface area contributed by atoms with Crippen LogP contribution in [0.5, 0.6) is 5.75 Å². The van der Waals surface area contributed by atoms with Crippen LogP contribution in [0.2, 0.25) is 0 Å². The standard InChI is InChI=1S/C13H13N3O2/c14-10-4-2-6-12(8-10)18-13(17)9-3-1-5-11(7-9)16-15/h1-8,16H,14-15H2. The van der Waals surface area contributed by atoms with Crippen LogP contribution in [0.3, 0.4) is 0 Å². The smallest absolute Gasteiger partial charge is 0.343 e. The molecule has 2 rings (SSSR count). The summed E-state index contributed by atoms with van der Waals surface area (Å²) >= 11 is 0. The highest BCUT2D eigenvalue weighted by molar-refractivity contribution is 5.92. The lowest BCUT2D eigenvalue weighted by molar-refractivity contribution is 0.0735. The second-order valence-electron chi connectivity index (χ2n) is 3.69. The molecule has 0 bridgehead atoms. The molecule has 0 unspecified atom stereocenters. The number of esters is 1. The van der Waals surface area contributed by atoms with Gasteiger partial charge in [-0.25, -0.2) is 4.79 Å². The third-order valence-corrected chi connectivity index (χ3v) is 2.33. The molecule has 0 aliphatic carbocycles. The third-order valence-electron chi connectivity index (χ3n) is 2.33. The highest BCUT2D eigenvalue weighted by atomic mass is 16.5. The molecule has 2 aromatic rings. The van der Waals surface area contributed by atoms with Crippen molar-refractivity contribution in [2.24, 2.45) is 5.84 Å². The average molecular weight is 243 g/mol. The highest BCUT2D eigenvalue weighted by Crippen LogP contribution is 2.17. The van der Waals surface area contributed by atoms with Crippen molar-refractivity contribution < 1.29 is 9.53 Å². The number of carbonyl (C=O) groups excluding carboxylic acids is 1. The number of nitrogens with two attached hydrogens (primary N) is 2. The number of ether oxygens (including phenoxy) is 1. The van der Waals surface area contributed by atoms with Gasteiger partial charge in [-0.3, -0.25) is 5.84 Å². The Balaban J connectivity index is 2.16. The molecule has 18 heavy (non-hydrogen) atoms. The lowest BCUT2D eigenvalue weighted by Crippen LogP contribution is -2.11. The van der Waals surface area contributed by atoms with E-state index >= 15 is 0 Å². The minimum atomic E-state index is -0.460. The van der Waals surface area contributed by atoms with Crippen molar-refractivity contribution in [1.29, 1.82) is 0 Å². The molecule has 5 heteroatoms. The summed E-state index contributed by atoms with van der Waals surface area (Å²) in [6, 6.07) is 13.4. The zero-order valence-electron chi connectivity index (χ0n) is 9.59. The third kappa shape index (κ3) is 2.78. The Morgan fingerprint density at radius 1 is 1.11 bits per heavy atom. The molecule has 5 nitrogen and oxygen atoms in total. The molecule has 0 aliphatic rings. The van der Waals surface area contributed by atoms with E-state index in [1.807, 2.05) is 0 Å². The van der Waals surface area contributed by atoms with Crippen LogP contribution in [0.25, 0.3) is 0 Å². The Kier molecular flexibility index (Phi) is 3.45. The van der Waals surface area contributed by atoms with Crippen LogP contribution in [-0.2, 0) is 0 Å². The fourth-order valence-corrected chi connectivity index (χ4v) is 1.48. The van der Waals surface area contributed by atoms with E-state index in [4.69, 9.17) is 16.3 Å².